The van der Waals surface area contributed by atoms with E-state index in [1.165, 1.54) is 30.6 Å². The zero-order valence-corrected chi connectivity index (χ0v) is 18.2. The standard InChI is InChI=1S/C21H20ClF3N4OS/c1-10(13-8-11-4-5-12(13)7-11)26-20(30)18-17(22)19-27-14(15-3-2-6-31-15)9-16(21(23,24)25)29(19)28-18/h2-3,6,9-13H,4-5,7-8H2,1H3,(H,26,30)/t10-,11-,12-,13+/m1/s1. The van der Waals surface area contributed by atoms with Crippen molar-refractivity contribution in [2.45, 2.75) is 44.8 Å². The van der Waals surface area contributed by atoms with Gasteiger partial charge in [0, 0.05) is 6.04 Å². The molecule has 3 aromatic rings. The van der Waals surface area contributed by atoms with Gasteiger partial charge in [0.2, 0.25) is 0 Å². The zero-order valence-electron chi connectivity index (χ0n) is 16.6. The van der Waals surface area contributed by atoms with E-state index in [1.807, 2.05) is 6.92 Å². The Balaban J connectivity index is 1.50. The van der Waals surface area contributed by atoms with Crippen molar-refractivity contribution in [3.63, 3.8) is 0 Å². The predicted octanol–water partition coefficient (Wildman–Crippen LogP) is 5.68. The lowest BCUT2D eigenvalue weighted by Gasteiger charge is -2.28. The number of nitrogens with one attached hydrogen (secondary N) is 1. The quantitative estimate of drug-likeness (QED) is 0.535. The molecule has 0 aliphatic heterocycles. The molecule has 2 fully saturated rings. The van der Waals surface area contributed by atoms with E-state index in [-0.39, 0.29) is 28.1 Å². The van der Waals surface area contributed by atoms with Crippen LogP contribution in [0.5, 0.6) is 0 Å². The highest BCUT2D eigenvalue weighted by Gasteiger charge is 2.42. The maximum Gasteiger partial charge on any atom is 0.433 e. The molecule has 0 spiro atoms. The van der Waals surface area contributed by atoms with Gasteiger partial charge in [-0.2, -0.15) is 18.3 Å². The van der Waals surface area contributed by atoms with Gasteiger partial charge in [-0.1, -0.05) is 24.1 Å². The maximum atomic E-state index is 13.8. The SMILES string of the molecule is C[C@@H](NC(=O)c1nn2c(C(F)(F)F)cc(-c3cccs3)nc2c1Cl)[C@@H]1C[C@@H]2CC[C@@H]1C2. The van der Waals surface area contributed by atoms with Crippen LogP contribution < -0.4 is 5.32 Å². The topological polar surface area (TPSA) is 59.3 Å². The number of halogens is 4. The van der Waals surface area contributed by atoms with Crippen molar-refractivity contribution >= 4 is 34.5 Å². The van der Waals surface area contributed by atoms with Crippen LogP contribution >= 0.6 is 22.9 Å². The molecule has 5 rings (SSSR count). The summed E-state index contributed by atoms with van der Waals surface area (Å²) in [6.45, 7) is 1.95. The number of amides is 1. The van der Waals surface area contributed by atoms with Gasteiger partial charge in [-0.3, -0.25) is 4.79 Å². The Hall–Kier alpha value is -2.13. The number of nitrogens with zero attached hydrogens (tertiary/aromatic N) is 3. The Kier molecular flexibility index (Phi) is 5.01. The van der Waals surface area contributed by atoms with Gasteiger partial charge in [0.25, 0.3) is 5.91 Å². The van der Waals surface area contributed by atoms with Crippen molar-refractivity contribution in [2.24, 2.45) is 17.8 Å². The molecule has 31 heavy (non-hydrogen) atoms. The summed E-state index contributed by atoms with van der Waals surface area (Å²) in [6, 6.07) is 4.24. The van der Waals surface area contributed by atoms with Crippen molar-refractivity contribution in [3.8, 4) is 10.6 Å². The molecule has 1 amide bonds. The van der Waals surface area contributed by atoms with Gasteiger partial charge < -0.3 is 5.32 Å². The molecule has 0 saturated heterocycles. The first-order chi connectivity index (χ1) is 14.7. The van der Waals surface area contributed by atoms with E-state index >= 15 is 0 Å². The second-order valence-corrected chi connectivity index (χ2v) is 9.83. The normalized spacial score (nSPS) is 24.1. The summed E-state index contributed by atoms with van der Waals surface area (Å²) in [5.74, 6) is 1.13. The van der Waals surface area contributed by atoms with E-state index in [2.05, 4.69) is 15.4 Å². The van der Waals surface area contributed by atoms with Gasteiger partial charge in [-0.15, -0.1) is 11.3 Å². The van der Waals surface area contributed by atoms with E-state index in [1.54, 1.807) is 17.5 Å². The third-order valence-electron chi connectivity index (χ3n) is 6.61. The van der Waals surface area contributed by atoms with Crippen molar-refractivity contribution < 1.29 is 18.0 Å². The Bertz CT molecular complexity index is 1140. The third kappa shape index (κ3) is 3.61. The lowest BCUT2D eigenvalue weighted by molar-refractivity contribution is -0.142. The Morgan fingerprint density at radius 3 is 2.77 bits per heavy atom. The van der Waals surface area contributed by atoms with Gasteiger partial charge in [0.1, 0.15) is 5.02 Å². The van der Waals surface area contributed by atoms with Crippen LogP contribution in [0, 0.1) is 17.8 Å². The van der Waals surface area contributed by atoms with Crippen molar-refractivity contribution in [1.29, 1.82) is 0 Å². The highest BCUT2D eigenvalue weighted by atomic mass is 35.5. The molecule has 10 heteroatoms. The smallest absolute Gasteiger partial charge is 0.348 e. The first-order valence-corrected chi connectivity index (χ1v) is 11.5. The van der Waals surface area contributed by atoms with Crippen LogP contribution in [0.3, 0.4) is 0 Å². The predicted molar refractivity (Wildman–Crippen MR) is 112 cm³/mol. The number of alkyl halides is 3. The van der Waals surface area contributed by atoms with Crippen LogP contribution in [-0.4, -0.2) is 26.5 Å². The van der Waals surface area contributed by atoms with Crippen molar-refractivity contribution in [2.75, 3.05) is 0 Å². The molecule has 4 atom stereocenters. The number of carbonyl (C=O) groups excluding carboxylic acids is 1. The lowest BCUT2D eigenvalue weighted by Crippen LogP contribution is -2.40. The third-order valence-corrected chi connectivity index (χ3v) is 7.85. The fourth-order valence-electron chi connectivity index (χ4n) is 5.18. The number of aromatic nitrogens is 3. The summed E-state index contributed by atoms with van der Waals surface area (Å²) < 4.78 is 41.9. The number of hydrogen-bond acceptors (Lipinski definition) is 4. The first kappa shape index (κ1) is 20.8. The van der Waals surface area contributed by atoms with Gasteiger partial charge >= 0.3 is 6.18 Å². The second-order valence-electron chi connectivity index (χ2n) is 8.50. The summed E-state index contributed by atoms with van der Waals surface area (Å²) >= 11 is 7.61. The molecule has 0 radical (unpaired) electrons. The van der Waals surface area contributed by atoms with E-state index < -0.39 is 17.8 Å². The van der Waals surface area contributed by atoms with Gasteiger partial charge in [0.05, 0.1) is 10.6 Å². The average Bonchev–Trinajstić information content (AvgIpc) is 3.51. The lowest BCUT2D eigenvalue weighted by atomic mass is 9.84. The van der Waals surface area contributed by atoms with Crippen LogP contribution in [0.1, 0.15) is 48.8 Å². The van der Waals surface area contributed by atoms with Crippen molar-refractivity contribution in [3.05, 3.63) is 40.0 Å². The molecule has 2 aliphatic rings. The van der Waals surface area contributed by atoms with Gasteiger partial charge in [-0.25, -0.2) is 9.50 Å². The molecule has 3 aromatic heterocycles. The number of carbonyl (C=O) groups is 1. The molecular formula is C21H20ClF3N4OS. The molecule has 1 N–H and O–H groups in total. The summed E-state index contributed by atoms with van der Waals surface area (Å²) in [5, 5.41) is 8.41. The largest absolute Gasteiger partial charge is 0.433 e. The molecule has 0 aromatic carbocycles. The number of hydrogen-bond donors (Lipinski definition) is 1. The van der Waals surface area contributed by atoms with Crippen LogP contribution in [0.2, 0.25) is 5.02 Å². The van der Waals surface area contributed by atoms with Crippen LogP contribution in [0.15, 0.2) is 23.6 Å². The Morgan fingerprint density at radius 1 is 1.35 bits per heavy atom. The first-order valence-electron chi connectivity index (χ1n) is 10.2. The van der Waals surface area contributed by atoms with E-state index in [0.29, 0.717) is 21.2 Å². The summed E-state index contributed by atoms with van der Waals surface area (Å²) in [5.41, 5.74) is -1.31. The Morgan fingerprint density at radius 2 is 2.16 bits per heavy atom. The molecule has 3 heterocycles. The van der Waals surface area contributed by atoms with Crippen LogP contribution in [-0.2, 0) is 6.18 Å². The van der Waals surface area contributed by atoms with Crippen LogP contribution in [0.4, 0.5) is 13.2 Å². The minimum atomic E-state index is -4.69. The fraction of sp³-hybridized carbons (Fsp3) is 0.476. The number of rotatable bonds is 4. The van der Waals surface area contributed by atoms with E-state index in [0.717, 1.165) is 18.4 Å². The Labute approximate surface area is 185 Å². The molecule has 164 valence electrons. The average molecular weight is 469 g/mol. The van der Waals surface area contributed by atoms with Gasteiger partial charge in [-0.05, 0) is 61.5 Å². The monoisotopic (exact) mass is 468 g/mol. The maximum absolute atomic E-state index is 13.8. The highest BCUT2D eigenvalue weighted by molar-refractivity contribution is 7.13. The fourth-order valence-corrected chi connectivity index (χ4v) is 6.11. The van der Waals surface area contributed by atoms with Gasteiger partial charge in [0.15, 0.2) is 17.0 Å². The highest BCUT2D eigenvalue weighted by Crippen LogP contribution is 2.49. The minimum Gasteiger partial charge on any atom is -0.348 e. The van der Waals surface area contributed by atoms with Crippen LogP contribution in [0.25, 0.3) is 16.2 Å². The second kappa shape index (κ2) is 7.48. The molecule has 2 saturated carbocycles. The molecular weight excluding hydrogens is 449 g/mol. The number of thiophene rings is 1. The molecule has 0 unspecified atom stereocenters. The van der Waals surface area contributed by atoms with E-state index in [4.69, 9.17) is 11.6 Å². The minimum absolute atomic E-state index is 0.0968. The summed E-state index contributed by atoms with van der Waals surface area (Å²) in [4.78, 5) is 17.8. The zero-order chi connectivity index (χ0) is 21.9. The molecule has 2 bridgehead atoms. The molecule has 5 nitrogen and oxygen atoms in total. The summed E-state index contributed by atoms with van der Waals surface area (Å²) in [6.07, 6.45) is 0.0135. The summed E-state index contributed by atoms with van der Waals surface area (Å²) in [7, 11) is 0. The molecule has 2 aliphatic carbocycles. The van der Waals surface area contributed by atoms with E-state index in [9.17, 15) is 18.0 Å². The number of fused-ring (bicyclic) bond motifs is 3. The van der Waals surface area contributed by atoms with Crippen molar-refractivity contribution in [1.82, 2.24) is 19.9 Å².